The van der Waals surface area contributed by atoms with Crippen molar-refractivity contribution in [3.8, 4) is 0 Å². The smallest absolute Gasteiger partial charge is 0.252 e. The second-order valence-electron chi connectivity index (χ2n) is 3.81. The highest BCUT2D eigenvalue weighted by Gasteiger charge is 2.09. The number of halogens is 2. The fourth-order valence-corrected chi connectivity index (χ4v) is 1.95. The van der Waals surface area contributed by atoms with Gasteiger partial charge in [0.05, 0.1) is 5.56 Å². The zero-order chi connectivity index (χ0) is 12.1. The molecule has 0 aliphatic heterocycles. The van der Waals surface area contributed by atoms with Gasteiger partial charge in [-0.3, -0.25) is 4.79 Å². The monoisotopic (exact) mass is 347 g/mol. The second-order valence-corrected chi connectivity index (χ2v) is 6.23. The molecule has 2 nitrogen and oxygen atoms in total. The molecule has 16 heavy (non-hydrogen) atoms. The molecule has 4 heteroatoms. The first-order valence-electron chi connectivity index (χ1n) is 5.19. The lowest BCUT2D eigenvalue weighted by Gasteiger charge is -2.08. The summed E-state index contributed by atoms with van der Waals surface area (Å²) in [5, 5.41) is 2.90. The van der Waals surface area contributed by atoms with Crippen molar-refractivity contribution in [1.29, 1.82) is 0 Å². The summed E-state index contributed by atoms with van der Waals surface area (Å²) >= 11 is 6.83. The van der Waals surface area contributed by atoms with Gasteiger partial charge in [0.2, 0.25) is 0 Å². The number of nitrogens with one attached hydrogen (secondary N) is 1. The van der Waals surface area contributed by atoms with Crippen molar-refractivity contribution in [3.63, 3.8) is 0 Å². The molecule has 0 bridgehead atoms. The Hall–Kier alpha value is -0.350. The van der Waals surface area contributed by atoms with Crippen molar-refractivity contribution < 1.29 is 4.79 Å². The van der Waals surface area contributed by atoms with E-state index in [1.807, 2.05) is 25.1 Å². The van der Waals surface area contributed by atoms with E-state index in [2.05, 4.69) is 44.1 Å². The lowest BCUT2D eigenvalue weighted by Crippen LogP contribution is -2.26. The summed E-state index contributed by atoms with van der Waals surface area (Å²) in [6.45, 7) is 4.73. The predicted molar refractivity (Wildman–Crippen MR) is 74.2 cm³/mol. The van der Waals surface area contributed by atoms with Crippen molar-refractivity contribution in [1.82, 2.24) is 5.32 Å². The minimum Gasteiger partial charge on any atom is -0.352 e. The van der Waals surface area contributed by atoms with Gasteiger partial charge < -0.3 is 5.32 Å². The van der Waals surface area contributed by atoms with Crippen LogP contribution in [0.4, 0.5) is 0 Å². The van der Waals surface area contributed by atoms with E-state index >= 15 is 0 Å². The van der Waals surface area contributed by atoms with Crippen LogP contribution in [0.2, 0.25) is 0 Å². The number of carbonyl (C=O) groups is 1. The van der Waals surface area contributed by atoms with E-state index in [0.29, 0.717) is 16.9 Å². The fourth-order valence-electron chi connectivity index (χ4n) is 1.29. The summed E-state index contributed by atoms with van der Waals surface area (Å²) in [6, 6.07) is 5.76. The largest absolute Gasteiger partial charge is 0.352 e. The lowest BCUT2D eigenvalue weighted by atomic mass is 10.1. The van der Waals surface area contributed by atoms with E-state index in [9.17, 15) is 4.79 Å². The van der Waals surface area contributed by atoms with Crippen LogP contribution in [0.15, 0.2) is 22.7 Å². The molecule has 1 rings (SSSR count). The number of hydrogen-bond acceptors (Lipinski definition) is 1. The summed E-state index contributed by atoms with van der Waals surface area (Å²) < 4.78 is 0.836. The first-order chi connectivity index (χ1) is 7.50. The molecule has 0 radical (unpaired) electrons. The van der Waals surface area contributed by atoms with Gasteiger partial charge in [-0.25, -0.2) is 0 Å². The van der Waals surface area contributed by atoms with Crippen LogP contribution < -0.4 is 5.32 Å². The third-order valence-corrected chi connectivity index (χ3v) is 3.34. The zero-order valence-electron chi connectivity index (χ0n) is 9.39. The molecule has 1 atom stereocenters. The number of hydrogen-bond donors (Lipinski definition) is 1. The number of rotatable bonds is 4. The number of amides is 1. The Balaban J connectivity index is 2.62. The lowest BCUT2D eigenvalue weighted by molar-refractivity contribution is 0.0952. The topological polar surface area (TPSA) is 29.1 Å². The molecule has 0 aliphatic carbocycles. The number of benzene rings is 1. The molecule has 0 spiro atoms. The molecule has 1 aromatic carbocycles. The Bertz CT molecular complexity index is 377. The summed E-state index contributed by atoms with van der Waals surface area (Å²) in [5.41, 5.74) is 1.78. The number of alkyl halides is 1. The molecular weight excluding hydrogens is 334 g/mol. The van der Waals surface area contributed by atoms with Crippen LogP contribution in [0, 0.1) is 6.92 Å². The average Bonchev–Trinajstić information content (AvgIpc) is 2.21. The molecule has 0 saturated carbocycles. The first-order valence-corrected chi connectivity index (χ1v) is 6.90. The van der Waals surface area contributed by atoms with Gasteiger partial charge in [-0.2, -0.15) is 0 Å². The van der Waals surface area contributed by atoms with Gasteiger partial charge in [0.25, 0.3) is 5.91 Å². The molecule has 1 aromatic rings. The SMILES string of the molecule is Cc1ccc(Br)c(C(=O)NCCC(C)Br)c1. The van der Waals surface area contributed by atoms with Crippen molar-refractivity contribution >= 4 is 37.8 Å². The average molecular weight is 349 g/mol. The van der Waals surface area contributed by atoms with Crippen LogP contribution in [0.1, 0.15) is 29.3 Å². The Kier molecular flexibility index (Phi) is 5.49. The molecule has 88 valence electrons. The normalized spacial score (nSPS) is 12.2. The number of carbonyl (C=O) groups excluding carboxylic acids is 1. The van der Waals surface area contributed by atoms with Crippen LogP contribution in [0.5, 0.6) is 0 Å². The van der Waals surface area contributed by atoms with Crippen LogP contribution in [-0.4, -0.2) is 17.3 Å². The summed E-state index contributed by atoms with van der Waals surface area (Å²) in [7, 11) is 0. The first kappa shape index (κ1) is 13.7. The van der Waals surface area contributed by atoms with Crippen LogP contribution >= 0.6 is 31.9 Å². The molecule has 0 saturated heterocycles. The number of aryl methyl sites for hydroxylation is 1. The maximum Gasteiger partial charge on any atom is 0.252 e. The Morgan fingerprint density at radius 1 is 1.50 bits per heavy atom. The second kappa shape index (κ2) is 6.40. The molecule has 0 fully saturated rings. The highest BCUT2D eigenvalue weighted by Crippen LogP contribution is 2.17. The van der Waals surface area contributed by atoms with Crippen LogP contribution in [0.25, 0.3) is 0 Å². The Morgan fingerprint density at radius 3 is 2.81 bits per heavy atom. The summed E-state index contributed by atoms with van der Waals surface area (Å²) in [4.78, 5) is 12.3. The van der Waals surface area contributed by atoms with Gasteiger partial charge in [-0.1, -0.05) is 34.5 Å². The highest BCUT2D eigenvalue weighted by atomic mass is 79.9. The van der Waals surface area contributed by atoms with Crippen molar-refractivity contribution in [2.45, 2.75) is 25.1 Å². The maximum atomic E-state index is 11.8. The van der Waals surface area contributed by atoms with Gasteiger partial charge in [0.15, 0.2) is 0 Å². The van der Waals surface area contributed by atoms with Gasteiger partial charge in [0.1, 0.15) is 0 Å². The van der Waals surface area contributed by atoms with Crippen molar-refractivity contribution in [3.05, 3.63) is 33.8 Å². The molecule has 1 amide bonds. The van der Waals surface area contributed by atoms with E-state index in [-0.39, 0.29) is 5.91 Å². The third kappa shape index (κ3) is 4.26. The minimum atomic E-state index is -0.0243. The van der Waals surface area contributed by atoms with Gasteiger partial charge in [0, 0.05) is 15.8 Å². The third-order valence-electron chi connectivity index (χ3n) is 2.19. The highest BCUT2D eigenvalue weighted by molar-refractivity contribution is 9.10. The Morgan fingerprint density at radius 2 is 2.19 bits per heavy atom. The van der Waals surface area contributed by atoms with Crippen LogP contribution in [0.3, 0.4) is 0 Å². The van der Waals surface area contributed by atoms with Crippen LogP contribution in [-0.2, 0) is 0 Å². The summed E-state index contributed by atoms with van der Waals surface area (Å²) in [6.07, 6.45) is 0.926. The minimum absolute atomic E-state index is 0.0243. The van der Waals surface area contributed by atoms with E-state index in [0.717, 1.165) is 16.5 Å². The van der Waals surface area contributed by atoms with Crippen molar-refractivity contribution in [2.24, 2.45) is 0 Å². The molecule has 1 N–H and O–H groups in total. The molecular formula is C12H15Br2NO. The molecule has 0 aromatic heterocycles. The molecule has 0 aliphatic rings. The maximum absolute atomic E-state index is 11.8. The van der Waals surface area contributed by atoms with E-state index in [1.165, 1.54) is 0 Å². The summed E-state index contributed by atoms with van der Waals surface area (Å²) in [5.74, 6) is -0.0243. The fraction of sp³-hybridized carbons (Fsp3) is 0.417. The molecule has 0 heterocycles. The molecule has 1 unspecified atom stereocenters. The predicted octanol–water partition coefficient (Wildman–Crippen LogP) is 3.66. The standard InChI is InChI=1S/C12H15Br2NO/c1-8-3-4-11(14)10(7-8)12(16)15-6-5-9(2)13/h3-4,7,9H,5-6H2,1-2H3,(H,15,16). The van der Waals surface area contributed by atoms with E-state index < -0.39 is 0 Å². The van der Waals surface area contributed by atoms with E-state index in [4.69, 9.17) is 0 Å². The quantitative estimate of drug-likeness (QED) is 0.826. The van der Waals surface area contributed by atoms with E-state index in [1.54, 1.807) is 0 Å². The van der Waals surface area contributed by atoms with Crippen molar-refractivity contribution in [2.75, 3.05) is 6.54 Å². The van der Waals surface area contributed by atoms with Gasteiger partial charge >= 0.3 is 0 Å². The van der Waals surface area contributed by atoms with Gasteiger partial charge in [-0.15, -0.1) is 0 Å². The van der Waals surface area contributed by atoms with Gasteiger partial charge in [-0.05, 0) is 41.4 Å². The zero-order valence-corrected chi connectivity index (χ0v) is 12.6. The Labute approximate surface area is 113 Å².